The largest absolute Gasteiger partial charge is 0.497 e. The Kier molecular flexibility index (Phi) is 8.86. The number of rotatable bonds is 9. The molecule has 0 radical (unpaired) electrons. The van der Waals surface area contributed by atoms with Crippen LogP contribution in [0.15, 0.2) is 48.5 Å². The van der Waals surface area contributed by atoms with Gasteiger partial charge in [0.2, 0.25) is 5.91 Å². The summed E-state index contributed by atoms with van der Waals surface area (Å²) in [5, 5.41) is 2.87. The summed E-state index contributed by atoms with van der Waals surface area (Å²) in [6, 6.07) is 13.9. The molecule has 2 aromatic rings. The molecule has 1 aliphatic heterocycles. The maximum Gasteiger partial charge on any atom is 0.387 e. The zero-order chi connectivity index (χ0) is 23.6. The van der Waals surface area contributed by atoms with Crippen molar-refractivity contribution in [3.05, 3.63) is 59.7 Å². The fraction of sp³-hybridized carbons (Fsp3) is 0.417. The lowest BCUT2D eigenvalue weighted by Crippen LogP contribution is -2.53. The molecule has 0 unspecified atom stereocenters. The fourth-order valence-electron chi connectivity index (χ4n) is 3.62. The van der Waals surface area contributed by atoms with E-state index in [1.165, 1.54) is 12.1 Å². The highest BCUT2D eigenvalue weighted by Crippen LogP contribution is 2.15. The van der Waals surface area contributed by atoms with Crippen LogP contribution in [0.5, 0.6) is 11.5 Å². The van der Waals surface area contributed by atoms with Gasteiger partial charge in [-0.2, -0.15) is 8.78 Å². The summed E-state index contributed by atoms with van der Waals surface area (Å²) in [6.45, 7) is -0.422. The van der Waals surface area contributed by atoms with Gasteiger partial charge in [-0.25, -0.2) is 4.79 Å². The molecule has 0 aromatic heterocycles. The molecule has 0 atom stereocenters. The van der Waals surface area contributed by atoms with Gasteiger partial charge in [0.1, 0.15) is 11.5 Å². The summed E-state index contributed by atoms with van der Waals surface area (Å²) < 4.78 is 33.8. The van der Waals surface area contributed by atoms with Gasteiger partial charge in [-0.1, -0.05) is 24.3 Å². The smallest absolute Gasteiger partial charge is 0.387 e. The molecule has 9 heteroatoms. The van der Waals surface area contributed by atoms with E-state index in [1.54, 1.807) is 29.0 Å². The first-order chi connectivity index (χ1) is 15.9. The molecule has 1 saturated heterocycles. The molecule has 0 bridgehead atoms. The van der Waals surface area contributed by atoms with E-state index in [0.29, 0.717) is 52.0 Å². The predicted octanol–water partition coefficient (Wildman–Crippen LogP) is 3.33. The number of amides is 3. The molecule has 0 aliphatic carbocycles. The van der Waals surface area contributed by atoms with Crippen molar-refractivity contribution in [1.29, 1.82) is 0 Å². The van der Waals surface area contributed by atoms with Gasteiger partial charge in [-0.15, -0.1) is 0 Å². The van der Waals surface area contributed by atoms with Gasteiger partial charge in [-0.05, 0) is 48.2 Å². The van der Waals surface area contributed by atoms with Crippen molar-refractivity contribution in [3.8, 4) is 11.5 Å². The number of carbonyl (C=O) groups excluding carboxylic acids is 2. The van der Waals surface area contributed by atoms with E-state index in [2.05, 4.69) is 10.1 Å². The number of piperazine rings is 1. The number of carbonyl (C=O) groups is 2. The molecule has 2 aromatic carbocycles. The van der Waals surface area contributed by atoms with Crippen molar-refractivity contribution in [2.24, 2.45) is 0 Å². The molecule has 1 N–H and O–H groups in total. The Balaban J connectivity index is 1.33. The lowest BCUT2D eigenvalue weighted by atomic mass is 10.1. The fourth-order valence-corrected chi connectivity index (χ4v) is 3.62. The summed E-state index contributed by atoms with van der Waals surface area (Å²) in [4.78, 5) is 28.4. The number of nitrogens with one attached hydrogen (secondary N) is 1. The number of hydrogen-bond acceptors (Lipinski definition) is 4. The van der Waals surface area contributed by atoms with Gasteiger partial charge in [0.05, 0.1) is 7.11 Å². The van der Waals surface area contributed by atoms with Crippen LogP contribution in [0.2, 0.25) is 0 Å². The summed E-state index contributed by atoms with van der Waals surface area (Å²) in [5.74, 6) is 0.983. The molecule has 0 spiro atoms. The van der Waals surface area contributed by atoms with Gasteiger partial charge in [-0.3, -0.25) is 4.79 Å². The number of urea groups is 1. The van der Waals surface area contributed by atoms with Crippen molar-refractivity contribution in [2.45, 2.75) is 25.9 Å². The van der Waals surface area contributed by atoms with Crippen LogP contribution < -0.4 is 14.8 Å². The molecular weight excluding hydrogens is 432 g/mol. The van der Waals surface area contributed by atoms with Gasteiger partial charge in [0, 0.05) is 39.1 Å². The van der Waals surface area contributed by atoms with Crippen LogP contribution in [-0.2, 0) is 17.6 Å². The average Bonchev–Trinajstić information content (AvgIpc) is 2.83. The van der Waals surface area contributed by atoms with Crippen LogP contribution in [0.3, 0.4) is 0 Å². The molecule has 7 nitrogen and oxygen atoms in total. The van der Waals surface area contributed by atoms with Crippen LogP contribution in [0.1, 0.15) is 17.5 Å². The van der Waals surface area contributed by atoms with E-state index in [0.717, 1.165) is 16.9 Å². The maximum absolute atomic E-state index is 12.5. The van der Waals surface area contributed by atoms with E-state index < -0.39 is 6.61 Å². The zero-order valence-electron chi connectivity index (χ0n) is 18.6. The second kappa shape index (κ2) is 12.0. The lowest BCUT2D eigenvalue weighted by molar-refractivity contribution is -0.132. The van der Waals surface area contributed by atoms with Crippen LogP contribution in [0.4, 0.5) is 13.6 Å². The van der Waals surface area contributed by atoms with Gasteiger partial charge >= 0.3 is 12.6 Å². The number of nitrogens with zero attached hydrogens (tertiary/aromatic N) is 2. The number of methoxy groups -OCH3 is 1. The minimum atomic E-state index is -2.85. The predicted molar refractivity (Wildman–Crippen MR) is 120 cm³/mol. The normalized spacial score (nSPS) is 13.7. The SMILES string of the molecule is COc1ccc(CCC(=O)N2CCN(C(=O)NCCc3ccc(OC(F)F)cc3)CC2)cc1. The average molecular weight is 462 g/mol. The number of halogens is 2. The Labute approximate surface area is 192 Å². The first-order valence-electron chi connectivity index (χ1n) is 10.9. The van der Waals surface area contributed by atoms with Gasteiger partial charge in [0.15, 0.2) is 0 Å². The number of ether oxygens (including phenoxy) is 2. The molecule has 3 amide bonds. The molecule has 3 rings (SSSR count). The standard InChI is InChI=1S/C24H29F2N3O4/c1-32-20-7-2-18(3-8-20)6-11-22(30)28-14-16-29(17-15-28)24(31)27-13-12-19-4-9-21(10-5-19)33-23(25)26/h2-5,7-10,23H,6,11-17H2,1H3,(H,27,31). The molecule has 33 heavy (non-hydrogen) atoms. The second-order valence-corrected chi connectivity index (χ2v) is 7.72. The number of hydrogen-bond donors (Lipinski definition) is 1. The van der Waals surface area contributed by atoms with Crippen LogP contribution in [0, 0.1) is 0 Å². The zero-order valence-corrected chi connectivity index (χ0v) is 18.6. The minimum Gasteiger partial charge on any atom is -0.497 e. The second-order valence-electron chi connectivity index (χ2n) is 7.72. The monoisotopic (exact) mass is 461 g/mol. The Morgan fingerprint density at radius 1 is 0.879 bits per heavy atom. The van der Waals surface area contributed by atoms with Gasteiger partial charge < -0.3 is 24.6 Å². The van der Waals surface area contributed by atoms with E-state index >= 15 is 0 Å². The van der Waals surface area contributed by atoms with E-state index in [1.807, 2.05) is 24.3 Å². The molecule has 0 saturated carbocycles. The Morgan fingerprint density at radius 3 is 2.00 bits per heavy atom. The van der Waals surface area contributed by atoms with Crippen molar-refractivity contribution >= 4 is 11.9 Å². The van der Waals surface area contributed by atoms with E-state index in [9.17, 15) is 18.4 Å². The molecule has 1 fully saturated rings. The summed E-state index contributed by atoms with van der Waals surface area (Å²) in [7, 11) is 1.62. The summed E-state index contributed by atoms with van der Waals surface area (Å²) in [6.07, 6.45) is 1.67. The van der Waals surface area contributed by atoms with Crippen LogP contribution in [-0.4, -0.2) is 68.2 Å². The molecule has 1 heterocycles. The van der Waals surface area contributed by atoms with Crippen molar-refractivity contribution in [3.63, 3.8) is 0 Å². The highest BCUT2D eigenvalue weighted by Gasteiger charge is 2.23. The van der Waals surface area contributed by atoms with Crippen LogP contribution >= 0.6 is 0 Å². The highest BCUT2D eigenvalue weighted by atomic mass is 19.3. The summed E-state index contributed by atoms with van der Waals surface area (Å²) in [5.41, 5.74) is 1.99. The Bertz CT molecular complexity index is 899. The van der Waals surface area contributed by atoms with E-state index in [-0.39, 0.29) is 17.7 Å². The third-order valence-corrected chi connectivity index (χ3v) is 5.54. The molecule has 178 valence electrons. The van der Waals surface area contributed by atoms with Crippen molar-refractivity contribution in [2.75, 3.05) is 39.8 Å². The lowest BCUT2D eigenvalue weighted by Gasteiger charge is -2.34. The quantitative estimate of drug-likeness (QED) is 0.622. The third-order valence-electron chi connectivity index (χ3n) is 5.54. The number of aryl methyl sites for hydroxylation is 1. The third kappa shape index (κ3) is 7.62. The highest BCUT2D eigenvalue weighted by molar-refractivity contribution is 5.78. The molecular formula is C24H29F2N3O4. The Morgan fingerprint density at radius 2 is 1.42 bits per heavy atom. The summed E-state index contributed by atoms with van der Waals surface area (Å²) >= 11 is 0. The maximum atomic E-state index is 12.5. The van der Waals surface area contributed by atoms with Crippen LogP contribution in [0.25, 0.3) is 0 Å². The minimum absolute atomic E-state index is 0.0881. The topological polar surface area (TPSA) is 71.1 Å². The first kappa shape index (κ1) is 24.3. The van der Waals surface area contributed by atoms with Crippen molar-refractivity contribution in [1.82, 2.24) is 15.1 Å². The Hall–Kier alpha value is -3.36. The van der Waals surface area contributed by atoms with E-state index in [4.69, 9.17) is 4.74 Å². The van der Waals surface area contributed by atoms with Crippen molar-refractivity contribution < 1.29 is 27.8 Å². The first-order valence-corrected chi connectivity index (χ1v) is 10.9. The number of alkyl halides is 2. The number of benzene rings is 2. The molecule has 1 aliphatic rings. The van der Waals surface area contributed by atoms with Gasteiger partial charge in [0.25, 0.3) is 0 Å².